The van der Waals surface area contributed by atoms with Gasteiger partial charge in [0.2, 0.25) is 0 Å². The third kappa shape index (κ3) is 3.02. The molecule has 1 aliphatic rings. The summed E-state index contributed by atoms with van der Waals surface area (Å²) in [5.74, 6) is 1.07. The summed E-state index contributed by atoms with van der Waals surface area (Å²) in [6.07, 6.45) is 9.25. The minimum atomic E-state index is 0.188. The topological polar surface area (TPSA) is 54.2 Å². The van der Waals surface area contributed by atoms with Gasteiger partial charge in [0.15, 0.2) is 0 Å². The average Bonchev–Trinajstić information content (AvgIpc) is 2.85. The molecule has 0 aliphatic heterocycles. The molecule has 0 radical (unpaired) electrons. The van der Waals surface area contributed by atoms with E-state index in [0.29, 0.717) is 12.6 Å². The molecule has 5 heteroatoms. The minimum Gasteiger partial charge on any atom is -0.395 e. The van der Waals surface area contributed by atoms with Crippen molar-refractivity contribution in [2.24, 2.45) is 0 Å². The molecule has 1 aromatic rings. The maximum Gasteiger partial charge on any atom is 0.147 e. The van der Waals surface area contributed by atoms with Gasteiger partial charge in [0.05, 0.1) is 12.8 Å². The summed E-state index contributed by atoms with van der Waals surface area (Å²) < 4.78 is 1.96. The lowest BCUT2D eigenvalue weighted by Gasteiger charge is -2.35. The standard InChI is InChI=1S/C13H24N4O/c1-2-8-17-13(11-14-15-17)16(9-10-18)12-6-4-3-5-7-12/h11-12,18H,2-10H2,1H3. The lowest BCUT2D eigenvalue weighted by atomic mass is 9.94. The molecule has 1 heterocycles. The van der Waals surface area contributed by atoms with Gasteiger partial charge in [-0.3, -0.25) is 0 Å². The van der Waals surface area contributed by atoms with Crippen LogP contribution in [0.5, 0.6) is 0 Å². The molecule has 0 saturated heterocycles. The first-order chi connectivity index (χ1) is 8.86. The molecule has 1 fully saturated rings. The number of aliphatic hydroxyl groups is 1. The van der Waals surface area contributed by atoms with Crippen molar-refractivity contribution in [3.63, 3.8) is 0 Å². The number of rotatable bonds is 6. The predicted octanol–water partition coefficient (Wildman–Crippen LogP) is 1.82. The lowest BCUT2D eigenvalue weighted by Crippen LogP contribution is -2.40. The van der Waals surface area contributed by atoms with Crippen molar-refractivity contribution in [2.75, 3.05) is 18.1 Å². The van der Waals surface area contributed by atoms with Crippen molar-refractivity contribution in [2.45, 2.75) is 58.0 Å². The Morgan fingerprint density at radius 2 is 2.17 bits per heavy atom. The normalized spacial score (nSPS) is 17.0. The van der Waals surface area contributed by atoms with Crippen molar-refractivity contribution in [3.05, 3.63) is 6.20 Å². The molecule has 0 bridgehead atoms. The van der Waals surface area contributed by atoms with Gasteiger partial charge in [0.25, 0.3) is 0 Å². The van der Waals surface area contributed by atoms with E-state index in [9.17, 15) is 5.11 Å². The van der Waals surface area contributed by atoms with E-state index in [0.717, 1.165) is 18.8 Å². The second kappa shape index (κ2) is 6.73. The molecule has 0 spiro atoms. The highest BCUT2D eigenvalue weighted by Crippen LogP contribution is 2.26. The summed E-state index contributed by atoms with van der Waals surface area (Å²) in [5, 5.41) is 17.5. The molecule has 1 aromatic heterocycles. The lowest BCUT2D eigenvalue weighted by molar-refractivity contribution is 0.288. The Morgan fingerprint density at radius 1 is 1.39 bits per heavy atom. The summed E-state index contributed by atoms with van der Waals surface area (Å²) in [7, 11) is 0. The first kappa shape index (κ1) is 13.3. The Kier molecular flexibility index (Phi) is 4.99. The molecular weight excluding hydrogens is 228 g/mol. The third-order valence-electron chi connectivity index (χ3n) is 3.68. The largest absolute Gasteiger partial charge is 0.395 e. The van der Waals surface area contributed by atoms with E-state index in [-0.39, 0.29) is 6.61 Å². The fraction of sp³-hybridized carbons (Fsp3) is 0.846. The minimum absolute atomic E-state index is 0.188. The number of nitrogens with zero attached hydrogens (tertiary/aromatic N) is 4. The van der Waals surface area contributed by atoms with Crippen LogP contribution >= 0.6 is 0 Å². The van der Waals surface area contributed by atoms with Crippen molar-refractivity contribution >= 4 is 5.82 Å². The Labute approximate surface area is 109 Å². The van der Waals surface area contributed by atoms with Crippen molar-refractivity contribution in [3.8, 4) is 0 Å². The van der Waals surface area contributed by atoms with E-state index in [1.54, 1.807) is 0 Å². The SMILES string of the molecule is CCCn1nncc1N(CCO)C1CCCCC1. The fourth-order valence-corrected chi connectivity index (χ4v) is 2.83. The Hall–Kier alpha value is -1.10. The van der Waals surface area contributed by atoms with Crippen molar-refractivity contribution in [1.29, 1.82) is 0 Å². The molecule has 1 aliphatic carbocycles. The number of aliphatic hydroxyl groups excluding tert-OH is 1. The van der Waals surface area contributed by atoms with Gasteiger partial charge in [0.1, 0.15) is 5.82 Å². The van der Waals surface area contributed by atoms with Crippen molar-refractivity contribution < 1.29 is 5.11 Å². The summed E-state index contributed by atoms with van der Waals surface area (Å²) in [4.78, 5) is 2.30. The van der Waals surface area contributed by atoms with Crippen LogP contribution in [0.1, 0.15) is 45.4 Å². The summed E-state index contributed by atoms with van der Waals surface area (Å²) in [6.45, 7) is 3.90. The number of anilines is 1. The van der Waals surface area contributed by atoms with Crippen LogP contribution in [0.4, 0.5) is 5.82 Å². The average molecular weight is 252 g/mol. The monoisotopic (exact) mass is 252 g/mol. The van der Waals surface area contributed by atoms with E-state index in [1.165, 1.54) is 32.1 Å². The molecule has 2 rings (SSSR count). The van der Waals surface area contributed by atoms with Gasteiger partial charge < -0.3 is 10.0 Å². The molecule has 0 unspecified atom stereocenters. The zero-order valence-corrected chi connectivity index (χ0v) is 11.3. The van der Waals surface area contributed by atoms with Crippen LogP contribution in [0.25, 0.3) is 0 Å². The van der Waals surface area contributed by atoms with Crippen LogP contribution in [0, 0.1) is 0 Å². The molecule has 5 nitrogen and oxygen atoms in total. The quantitative estimate of drug-likeness (QED) is 0.839. The highest BCUT2D eigenvalue weighted by Gasteiger charge is 2.23. The zero-order chi connectivity index (χ0) is 12.8. The van der Waals surface area contributed by atoms with Gasteiger partial charge >= 0.3 is 0 Å². The molecule has 0 amide bonds. The van der Waals surface area contributed by atoms with Gasteiger partial charge in [-0.2, -0.15) is 0 Å². The second-order valence-corrected chi connectivity index (χ2v) is 5.02. The number of aryl methyl sites for hydroxylation is 1. The first-order valence-corrected chi connectivity index (χ1v) is 7.12. The maximum absolute atomic E-state index is 9.30. The highest BCUT2D eigenvalue weighted by molar-refractivity contribution is 5.37. The van der Waals surface area contributed by atoms with Crippen LogP contribution in [0.15, 0.2) is 6.20 Å². The summed E-state index contributed by atoms with van der Waals surface area (Å²) in [6, 6.07) is 0.542. The van der Waals surface area contributed by atoms with E-state index >= 15 is 0 Å². The molecule has 0 aromatic carbocycles. The fourth-order valence-electron chi connectivity index (χ4n) is 2.83. The Balaban J connectivity index is 2.14. The van der Waals surface area contributed by atoms with E-state index < -0.39 is 0 Å². The summed E-state index contributed by atoms with van der Waals surface area (Å²) >= 11 is 0. The third-order valence-corrected chi connectivity index (χ3v) is 3.68. The predicted molar refractivity (Wildman–Crippen MR) is 71.6 cm³/mol. The van der Waals surface area contributed by atoms with Crippen LogP contribution in [-0.2, 0) is 6.54 Å². The second-order valence-electron chi connectivity index (χ2n) is 5.02. The number of aromatic nitrogens is 3. The van der Waals surface area contributed by atoms with Gasteiger partial charge in [-0.15, -0.1) is 5.10 Å². The van der Waals surface area contributed by atoms with Crippen LogP contribution in [-0.4, -0.2) is 39.3 Å². The molecule has 18 heavy (non-hydrogen) atoms. The zero-order valence-electron chi connectivity index (χ0n) is 11.3. The molecular formula is C13H24N4O. The van der Waals surface area contributed by atoms with E-state index in [2.05, 4.69) is 22.1 Å². The molecule has 0 atom stereocenters. The van der Waals surface area contributed by atoms with Gasteiger partial charge in [-0.1, -0.05) is 31.4 Å². The molecule has 1 N–H and O–H groups in total. The van der Waals surface area contributed by atoms with Gasteiger partial charge in [-0.25, -0.2) is 4.68 Å². The Morgan fingerprint density at radius 3 is 2.83 bits per heavy atom. The Bertz CT molecular complexity index is 347. The van der Waals surface area contributed by atoms with E-state index in [1.807, 2.05) is 10.9 Å². The first-order valence-electron chi connectivity index (χ1n) is 7.12. The van der Waals surface area contributed by atoms with Gasteiger partial charge in [0, 0.05) is 19.1 Å². The van der Waals surface area contributed by atoms with Crippen LogP contribution in [0.2, 0.25) is 0 Å². The smallest absolute Gasteiger partial charge is 0.147 e. The number of hydrogen-bond donors (Lipinski definition) is 1. The van der Waals surface area contributed by atoms with Crippen LogP contribution < -0.4 is 4.90 Å². The van der Waals surface area contributed by atoms with E-state index in [4.69, 9.17) is 0 Å². The highest BCUT2D eigenvalue weighted by atomic mass is 16.3. The number of hydrogen-bond acceptors (Lipinski definition) is 4. The molecule has 102 valence electrons. The van der Waals surface area contributed by atoms with Crippen molar-refractivity contribution in [1.82, 2.24) is 15.0 Å². The maximum atomic E-state index is 9.30. The van der Waals surface area contributed by atoms with Gasteiger partial charge in [-0.05, 0) is 19.3 Å². The summed E-state index contributed by atoms with van der Waals surface area (Å²) in [5.41, 5.74) is 0. The van der Waals surface area contributed by atoms with Crippen LogP contribution in [0.3, 0.4) is 0 Å². The molecule has 1 saturated carbocycles.